The van der Waals surface area contributed by atoms with Gasteiger partial charge in [0.15, 0.2) is 0 Å². The lowest BCUT2D eigenvalue weighted by atomic mass is 9.87. The SMILES string of the molecule is CCNC(CC(C)(C)C)c1nccn1CC. The summed E-state index contributed by atoms with van der Waals surface area (Å²) in [4.78, 5) is 4.49. The Bertz CT molecular complexity index is 309. The van der Waals surface area contributed by atoms with Gasteiger partial charge < -0.3 is 9.88 Å². The van der Waals surface area contributed by atoms with Crippen molar-refractivity contribution in [3.8, 4) is 0 Å². The molecule has 0 aromatic carbocycles. The lowest BCUT2D eigenvalue weighted by molar-refractivity contribution is 0.302. The van der Waals surface area contributed by atoms with Gasteiger partial charge in [0.2, 0.25) is 0 Å². The van der Waals surface area contributed by atoms with Gasteiger partial charge in [-0.25, -0.2) is 4.98 Å². The molecule has 1 rings (SSSR count). The van der Waals surface area contributed by atoms with Crippen LogP contribution in [0.4, 0.5) is 0 Å². The summed E-state index contributed by atoms with van der Waals surface area (Å²) in [6, 6.07) is 0.361. The molecular formula is C13H25N3. The second-order valence-corrected chi connectivity index (χ2v) is 5.45. The predicted molar refractivity (Wildman–Crippen MR) is 68.4 cm³/mol. The van der Waals surface area contributed by atoms with Crippen LogP contribution in [0.2, 0.25) is 0 Å². The summed E-state index contributed by atoms with van der Waals surface area (Å²) in [5.41, 5.74) is 0.317. The molecule has 3 heteroatoms. The lowest BCUT2D eigenvalue weighted by Crippen LogP contribution is -2.28. The van der Waals surface area contributed by atoms with Gasteiger partial charge in [0, 0.05) is 18.9 Å². The zero-order valence-corrected chi connectivity index (χ0v) is 11.2. The van der Waals surface area contributed by atoms with Crippen molar-refractivity contribution in [3.63, 3.8) is 0 Å². The number of imidazole rings is 1. The van der Waals surface area contributed by atoms with Gasteiger partial charge in [0.05, 0.1) is 6.04 Å². The first-order valence-electron chi connectivity index (χ1n) is 6.22. The average molecular weight is 223 g/mol. The fourth-order valence-corrected chi connectivity index (χ4v) is 2.01. The topological polar surface area (TPSA) is 29.9 Å². The van der Waals surface area contributed by atoms with Crippen molar-refractivity contribution in [2.75, 3.05) is 6.54 Å². The number of aryl methyl sites for hydroxylation is 1. The largest absolute Gasteiger partial charge is 0.334 e. The van der Waals surface area contributed by atoms with E-state index in [4.69, 9.17) is 0 Å². The van der Waals surface area contributed by atoms with E-state index in [9.17, 15) is 0 Å². The molecule has 16 heavy (non-hydrogen) atoms. The highest BCUT2D eigenvalue weighted by Gasteiger charge is 2.22. The standard InChI is InChI=1S/C13H25N3/c1-6-14-11(10-13(3,4)5)12-15-8-9-16(12)7-2/h8-9,11,14H,6-7,10H2,1-5H3. The first kappa shape index (κ1) is 13.2. The Balaban J connectivity index is 2.84. The minimum absolute atomic E-state index is 0.317. The van der Waals surface area contributed by atoms with Crippen LogP contribution in [0.25, 0.3) is 0 Å². The van der Waals surface area contributed by atoms with E-state index in [-0.39, 0.29) is 0 Å². The number of nitrogens with zero attached hydrogens (tertiary/aromatic N) is 2. The lowest BCUT2D eigenvalue weighted by Gasteiger charge is -2.26. The molecule has 0 aliphatic rings. The molecule has 3 nitrogen and oxygen atoms in total. The van der Waals surface area contributed by atoms with Gasteiger partial charge in [0.1, 0.15) is 5.82 Å². The molecule has 0 amide bonds. The molecule has 1 N–H and O–H groups in total. The molecule has 1 aromatic heterocycles. The van der Waals surface area contributed by atoms with Gasteiger partial charge in [-0.05, 0) is 25.3 Å². The zero-order valence-electron chi connectivity index (χ0n) is 11.2. The molecule has 0 aliphatic carbocycles. The Kier molecular flexibility index (Phi) is 4.54. The second kappa shape index (κ2) is 5.48. The van der Waals surface area contributed by atoms with Gasteiger partial charge in [-0.2, -0.15) is 0 Å². The van der Waals surface area contributed by atoms with Crippen LogP contribution in [-0.4, -0.2) is 16.1 Å². The minimum Gasteiger partial charge on any atom is -0.334 e. The Morgan fingerprint density at radius 1 is 1.38 bits per heavy atom. The maximum atomic E-state index is 4.49. The van der Waals surface area contributed by atoms with Gasteiger partial charge in [-0.15, -0.1) is 0 Å². The highest BCUT2D eigenvalue weighted by atomic mass is 15.1. The fourth-order valence-electron chi connectivity index (χ4n) is 2.01. The van der Waals surface area contributed by atoms with Crippen LogP contribution in [0, 0.1) is 5.41 Å². The third-order valence-electron chi connectivity index (χ3n) is 2.67. The number of hydrogen-bond acceptors (Lipinski definition) is 2. The highest BCUT2D eigenvalue weighted by Crippen LogP contribution is 2.28. The van der Waals surface area contributed by atoms with Crippen LogP contribution in [0.15, 0.2) is 12.4 Å². The normalized spacial score (nSPS) is 14.1. The number of hydrogen-bond donors (Lipinski definition) is 1. The third-order valence-corrected chi connectivity index (χ3v) is 2.67. The summed E-state index contributed by atoms with van der Waals surface area (Å²) in [6.45, 7) is 13.1. The van der Waals surface area contributed by atoms with Crippen LogP contribution in [-0.2, 0) is 6.54 Å². The van der Waals surface area contributed by atoms with E-state index in [2.05, 4.69) is 55.7 Å². The molecule has 1 heterocycles. The molecule has 0 bridgehead atoms. The van der Waals surface area contributed by atoms with E-state index in [0.717, 1.165) is 19.5 Å². The number of aromatic nitrogens is 2. The predicted octanol–water partition coefficient (Wildman–Crippen LogP) is 2.99. The van der Waals surface area contributed by atoms with Crippen LogP contribution >= 0.6 is 0 Å². The van der Waals surface area contributed by atoms with Crippen molar-refractivity contribution in [1.82, 2.24) is 14.9 Å². The summed E-state index contributed by atoms with van der Waals surface area (Å²) in [6.07, 6.45) is 5.06. The Morgan fingerprint density at radius 3 is 2.56 bits per heavy atom. The monoisotopic (exact) mass is 223 g/mol. The molecule has 1 aromatic rings. The van der Waals surface area contributed by atoms with E-state index >= 15 is 0 Å². The summed E-state index contributed by atoms with van der Waals surface area (Å²) < 4.78 is 2.22. The zero-order chi connectivity index (χ0) is 12.2. The van der Waals surface area contributed by atoms with Crippen molar-refractivity contribution < 1.29 is 0 Å². The van der Waals surface area contributed by atoms with E-state index < -0.39 is 0 Å². The summed E-state index contributed by atoms with van der Waals surface area (Å²) in [5.74, 6) is 1.17. The van der Waals surface area contributed by atoms with Gasteiger partial charge in [-0.3, -0.25) is 0 Å². The molecular weight excluding hydrogens is 198 g/mol. The second-order valence-electron chi connectivity index (χ2n) is 5.45. The van der Waals surface area contributed by atoms with Gasteiger partial charge >= 0.3 is 0 Å². The molecule has 0 saturated heterocycles. The van der Waals surface area contributed by atoms with Crippen molar-refractivity contribution in [2.24, 2.45) is 5.41 Å². The number of nitrogens with one attached hydrogen (secondary N) is 1. The Morgan fingerprint density at radius 2 is 2.06 bits per heavy atom. The Hall–Kier alpha value is -0.830. The third kappa shape index (κ3) is 3.63. The van der Waals surface area contributed by atoms with Crippen LogP contribution in [0.3, 0.4) is 0 Å². The summed E-state index contributed by atoms with van der Waals surface area (Å²) in [7, 11) is 0. The van der Waals surface area contributed by atoms with E-state index in [1.807, 2.05) is 6.20 Å². The molecule has 92 valence electrons. The average Bonchev–Trinajstić information content (AvgIpc) is 2.62. The van der Waals surface area contributed by atoms with Crippen molar-refractivity contribution in [3.05, 3.63) is 18.2 Å². The summed E-state index contributed by atoms with van der Waals surface area (Å²) >= 11 is 0. The maximum absolute atomic E-state index is 4.49. The molecule has 1 unspecified atom stereocenters. The first-order valence-corrected chi connectivity index (χ1v) is 6.22. The van der Waals surface area contributed by atoms with E-state index in [1.165, 1.54) is 5.82 Å². The molecule has 0 saturated carbocycles. The van der Waals surface area contributed by atoms with E-state index in [1.54, 1.807) is 0 Å². The summed E-state index contributed by atoms with van der Waals surface area (Å²) in [5, 5.41) is 3.53. The maximum Gasteiger partial charge on any atom is 0.125 e. The van der Waals surface area contributed by atoms with E-state index in [0.29, 0.717) is 11.5 Å². The van der Waals surface area contributed by atoms with Crippen LogP contribution < -0.4 is 5.32 Å². The van der Waals surface area contributed by atoms with Crippen molar-refractivity contribution >= 4 is 0 Å². The number of rotatable bonds is 5. The molecule has 1 atom stereocenters. The molecule has 0 fully saturated rings. The van der Waals surface area contributed by atoms with Crippen molar-refractivity contribution in [2.45, 2.75) is 53.6 Å². The Labute approximate surface area is 99.3 Å². The van der Waals surface area contributed by atoms with Crippen molar-refractivity contribution in [1.29, 1.82) is 0 Å². The minimum atomic E-state index is 0.317. The quantitative estimate of drug-likeness (QED) is 0.831. The highest BCUT2D eigenvalue weighted by molar-refractivity contribution is 5.00. The van der Waals surface area contributed by atoms with Crippen LogP contribution in [0.1, 0.15) is 52.9 Å². The molecule has 0 aliphatic heterocycles. The molecule has 0 spiro atoms. The van der Waals surface area contributed by atoms with Crippen LogP contribution in [0.5, 0.6) is 0 Å². The van der Waals surface area contributed by atoms with Gasteiger partial charge in [0.25, 0.3) is 0 Å². The fraction of sp³-hybridized carbons (Fsp3) is 0.769. The smallest absolute Gasteiger partial charge is 0.125 e. The molecule has 0 radical (unpaired) electrons. The first-order chi connectivity index (χ1) is 7.48. The van der Waals surface area contributed by atoms with Gasteiger partial charge in [-0.1, -0.05) is 27.7 Å².